The lowest BCUT2D eigenvalue weighted by Crippen LogP contribution is -2.04. The Morgan fingerprint density at radius 1 is 1.07 bits per heavy atom. The second-order valence-corrected chi connectivity index (χ2v) is 7.66. The molecule has 0 unspecified atom stereocenters. The van der Waals surface area contributed by atoms with Crippen molar-refractivity contribution in [2.45, 2.75) is 46.5 Å². The number of unbranched alkanes of at least 4 members (excludes halogenated alkanes) is 1. The fraction of sp³-hybridized carbons (Fsp3) is 0.333. The van der Waals surface area contributed by atoms with Gasteiger partial charge in [0.1, 0.15) is 0 Å². The minimum Gasteiger partial charge on any atom is -0.288 e. The van der Waals surface area contributed by atoms with Crippen LogP contribution in [0, 0.1) is 13.8 Å². The number of carbonyl (C=O) groups is 1. The summed E-state index contributed by atoms with van der Waals surface area (Å²) >= 11 is 3.53. The van der Waals surface area contributed by atoms with Gasteiger partial charge in [-0.15, -0.1) is 5.73 Å². The second-order valence-electron chi connectivity index (χ2n) is 6.81. The van der Waals surface area contributed by atoms with E-state index in [1.807, 2.05) is 50.2 Å². The molecule has 0 heterocycles. The van der Waals surface area contributed by atoms with Crippen molar-refractivity contribution in [3.8, 4) is 0 Å². The minimum atomic E-state index is -0.484. The van der Waals surface area contributed by atoms with Crippen molar-refractivity contribution < 1.29 is 9.18 Å². The van der Waals surface area contributed by atoms with Gasteiger partial charge in [0.2, 0.25) is 0 Å². The van der Waals surface area contributed by atoms with Crippen LogP contribution in [-0.2, 0) is 0 Å². The van der Waals surface area contributed by atoms with Gasteiger partial charge in [-0.25, -0.2) is 0 Å². The SMILES string of the molecule is CCCCC(=C=C(CCF)c1ccccc1Br)C(=O)c1cc(C)cc(C)c1. The normalized spacial score (nSPS) is 10.4. The molecular weight excluding hydrogens is 403 g/mol. The summed E-state index contributed by atoms with van der Waals surface area (Å²) in [4.78, 5) is 13.2. The number of hydrogen-bond acceptors (Lipinski definition) is 1. The van der Waals surface area contributed by atoms with Crippen molar-refractivity contribution in [3.63, 3.8) is 0 Å². The van der Waals surface area contributed by atoms with Gasteiger partial charge < -0.3 is 0 Å². The number of allylic oxidation sites excluding steroid dienone is 1. The van der Waals surface area contributed by atoms with E-state index >= 15 is 0 Å². The first-order valence-corrected chi connectivity index (χ1v) is 10.2. The highest BCUT2D eigenvalue weighted by molar-refractivity contribution is 9.10. The van der Waals surface area contributed by atoms with Gasteiger partial charge in [0, 0.05) is 27.6 Å². The number of ketones is 1. The minimum absolute atomic E-state index is 0.0151. The van der Waals surface area contributed by atoms with Crippen LogP contribution in [0.25, 0.3) is 5.57 Å². The maximum atomic E-state index is 13.2. The highest BCUT2D eigenvalue weighted by Gasteiger charge is 2.14. The number of hydrogen-bond donors (Lipinski definition) is 0. The zero-order valence-corrected chi connectivity index (χ0v) is 17.8. The van der Waals surface area contributed by atoms with E-state index in [1.165, 1.54) is 0 Å². The summed E-state index contributed by atoms with van der Waals surface area (Å²) in [6.07, 6.45) is 2.76. The van der Waals surface area contributed by atoms with Crippen molar-refractivity contribution in [2.75, 3.05) is 6.67 Å². The first kappa shape index (κ1) is 21.3. The number of halogens is 2. The first-order chi connectivity index (χ1) is 13.0. The fourth-order valence-corrected chi connectivity index (χ4v) is 3.64. The molecule has 0 amide bonds. The molecule has 0 radical (unpaired) electrons. The van der Waals surface area contributed by atoms with Crippen LogP contribution >= 0.6 is 15.9 Å². The Kier molecular flexibility index (Phi) is 8.22. The molecule has 2 aromatic rings. The number of rotatable bonds is 8. The van der Waals surface area contributed by atoms with Gasteiger partial charge in [-0.1, -0.05) is 64.7 Å². The van der Waals surface area contributed by atoms with E-state index in [0.29, 0.717) is 17.6 Å². The van der Waals surface area contributed by atoms with Crippen LogP contribution in [0.3, 0.4) is 0 Å². The monoisotopic (exact) mass is 428 g/mol. The molecular formula is C24H26BrFO. The van der Waals surface area contributed by atoms with Gasteiger partial charge in [0.05, 0.1) is 6.67 Å². The molecule has 0 fully saturated rings. The number of carbonyl (C=O) groups excluding carboxylic acids is 1. The average Bonchev–Trinajstić information content (AvgIpc) is 2.63. The Balaban J connectivity index is 2.61. The van der Waals surface area contributed by atoms with E-state index in [2.05, 4.69) is 34.7 Å². The molecule has 0 saturated carbocycles. The lowest BCUT2D eigenvalue weighted by Gasteiger charge is -2.09. The lowest BCUT2D eigenvalue weighted by molar-refractivity contribution is 0.103. The van der Waals surface area contributed by atoms with Crippen molar-refractivity contribution in [1.82, 2.24) is 0 Å². The molecule has 0 N–H and O–H groups in total. The van der Waals surface area contributed by atoms with Gasteiger partial charge in [-0.05, 0) is 50.5 Å². The van der Waals surface area contributed by atoms with Crippen LogP contribution in [0.1, 0.15) is 59.7 Å². The maximum absolute atomic E-state index is 13.2. The van der Waals surface area contributed by atoms with Gasteiger partial charge in [-0.3, -0.25) is 9.18 Å². The van der Waals surface area contributed by atoms with Crippen molar-refractivity contribution in [1.29, 1.82) is 0 Å². The highest BCUT2D eigenvalue weighted by Crippen LogP contribution is 2.27. The fourth-order valence-electron chi connectivity index (χ4n) is 3.11. The van der Waals surface area contributed by atoms with Crippen LogP contribution in [0.2, 0.25) is 0 Å². The molecule has 0 aliphatic heterocycles. The van der Waals surface area contributed by atoms with Crippen molar-refractivity contribution in [2.24, 2.45) is 0 Å². The summed E-state index contributed by atoms with van der Waals surface area (Å²) in [5.74, 6) is -0.0151. The van der Waals surface area contributed by atoms with Gasteiger partial charge in [0.25, 0.3) is 0 Å². The van der Waals surface area contributed by atoms with Crippen LogP contribution in [0.4, 0.5) is 4.39 Å². The van der Waals surface area contributed by atoms with E-state index in [4.69, 9.17) is 0 Å². The first-order valence-electron chi connectivity index (χ1n) is 9.38. The Bertz CT molecular complexity index is 855. The van der Waals surface area contributed by atoms with E-state index in [0.717, 1.165) is 39.6 Å². The van der Waals surface area contributed by atoms with Gasteiger partial charge in [0.15, 0.2) is 5.78 Å². The quantitative estimate of drug-likeness (QED) is 0.243. The third-order valence-corrected chi connectivity index (χ3v) is 5.08. The van der Waals surface area contributed by atoms with E-state index in [-0.39, 0.29) is 12.2 Å². The predicted molar refractivity (Wildman–Crippen MR) is 115 cm³/mol. The summed E-state index contributed by atoms with van der Waals surface area (Å²) in [5, 5.41) is 0. The Hall–Kier alpha value is -1.96. The summed E-state index contributed by atoms with van der Waals surface area (Å²) in [6, 6.07) is 13.6. The zero-order chi connectivity index (χ0) is 19.8. The summed E-state index contributed by atoms with van der Waals surface area (Å²) in [7, 11) is 0. The third kappa shape index (κ3) is 6.02. The molecule has 142 valence electrons. The van der Waals surface area contributed by atoms with Crippen LogP contribution in [-0.4, -0.2) is 12.5 Å². The van der Waals surface area contributed by atoms with Gasteiger partial charge in [-0.2, -0.15) is 0 Å². The van der Waals surface area contributed by atoms with E-state index in [9.17, 15) is 9.18 Å². The maximum Gasteiger partial charge on any atom is 0.196 e. The van der Waals surface area contributed by atoms with Crippen LogP contribution in [0.15, 0.2) is 58.2 Å². The third-order valence-electron chi connectivity index (χ3n) is 4.38. The lowest BCUT2D eigenvalue weighted by atomic mass is 9.94. The molecule has 1 nitrogen and oxygen atoms in total. The molecule has 0 aliphatic rings. The molecule has 0 saturated heterocycles. The topological polar surface area (TPSA) is 17.1 Å². The van der Waals surface area contributed by atoms with Gasteiger partial charge >= 0.3 is 0 Å². The standard InChI is InChI=1S/C24H26BrFO/c1-4-5-8-20(24(27)21-14-17(2)13-18(3)15-21)16-19(11-12-26)22-9-6-7-10-23(22)25/h6-7,9-10,13-15H,4-5,8,11-12H2,1-3H3. The summed E-state index contributed by atoms with van der Waals surface area (Å²) in [5.41, 5.74) is 8.34. The molecule has 0 spiro atoms. The molecule has 27 heavy (non-hydrogen) atoms. The average molecular weight is 429 g/mol. The van der Waals surface area contributed by atoms with Crippen molar-refractivity contribution >= 4 is 27.3 Å². The predicted octanol–water partition coefficient (Wildman–Crippen LogP) is 7.41. The van der Waals surface area contributed by atoms with Crippen LogP contribution < -0.4 is 0 Å². The number of benzene rings is 2. The Morgan fingerprint density at radius 2 is 1.74 bits per heavy atom. The van der Waals surface area contributed by atoms with Crippen molar-refractivity contribution in [3.05, 3.63) is 80.5 Å². The summed E-state index contributed by atoms with van der Waals surface area (Å²) < 4.78 is 14.1. The zero-order valence-electron chi connectivity index (χ0n) is 16.2. The molecule has 0 atom stereocenters. The molecule has 3 heteroatoms. The molecule has 0 aromatic heterocycles. The number of Topliss-reactive ketones (excluding diaryl/α,β-unsaturated/α-hetero) is 1. The largest absolute Gasteiger partial charge is 0.288 e. The Morgan fingerprint density at radius 3 is 2.33 bits per heavy atom. The Labute approximate surface area is 170 Å². The number of aryl methyl sites for hydroxylation is 2. The highest BCUT2D eigenvalue weighted by atomic mass is 79.9. The van der Waals surface area contributed by atoms with E-state index in [1.54, 1.807) is 0 Å². The second kappa shape index (κ2) is 10.4. The molecule has 2 aromatic carbocycles. The number of alkyl halides is 1. The molecule has 2 rings (SSSR count). The summed E-state index contributed by atoms with van der Waals surface area (Å²) in [6.45, 7) is 5.59. The molecule has 0 aliphatic carbocycles. The van der Waals surface area contributed by atoms with E-state index < -0.39 is 6.67 Å². The molecule has 0 bridgehead atoms. The smallest absolute Gasteiger partial charge is 0.196 e. The van der Waals surface area contributed by atoms with Crippen LogP contribution in [0.5, 0.6) is 0 Å².